The molecule has 4 nitrogen and oxygen atoms in total. The second-order valence-corrected chi connectivity index (χ2v) is 4.79. The second kappa shape index (κ2) is 5.04. The average molecular weight is 264 g/mol. The Labute approximate surface area is 114 Å². The number of benzene rings is 1. The van der Waals surface area contributed by atoms with Crippen molar-refractivity contribution in [3.63, 3.8) is 0 Å². The number of fused-ring (bicyclic) bond motifs is 1. The molecule has 0 aliphatic heterocycles. The standard InChI is InChI=1S/C14H8N4S/c15-8-12-13(6-3-7-16-12)19-14-10-4-1-2-5-11(10)17-9-18-14/h1-7,9H. The zero-order chi connectivity index (χ0) is 13.1. The van der Waals surface area contributed by atoms with Crippen LogP contribution >= 0.6 is 11.8 Å². The molecule has 90 valence electrons. The quantitative estimate of drug-likeness (QED) is 0.666. The van der Waals surface area contributed by atoms with Crippen molar-refractivity contribution in [3.05, 3.63) is 54.6 Å². The summed E-state index contributed by atoms with van der Waals surface area (Å²) in [4.78, 5) is 13.4. The predicted octanol–water partition coefficient (Wildman–Crippen LogP) is 3.05. The van der Waals surface area contributed by atoms with E-state index in [4.69, 9.17) is 5.26 Å². The molecule has 0 N–H and O–H groups in total. The molecule has 1 aromatic carbocycles. The van der Waals surface area contributed by atoms with E-state index in [-0.39, 0.29) is 0 Å². The number of pyridine rings is 1. The van der Waals surface area contributed by atoms with E-state index in [2.05, 4.69) is 21.0 Å². The molecule has 0 fully saturated rings. The molecule has 0 spiro atoms. The van der Waals surface area contributed by atoms with Crippen molar-refractivity contribution in [2.75, 3.05) is 0 Å². The number of hydrogen-bond donors (Lipinski definition) is 0. The van der Waals surface area contributed by atoms with E-state index >= 15 is 0 Å². The van der Waals surface area contributed by atoms with E-state index in [9.17, 15) is 0 Å². The molecule has 0 unspecified atom stereocenters. The summed E-state index contributed by atoms with van der Waals surface area (Å²) < 4.78 is 0. The van der Waals surface area contributed by atoms with Gasteiger partial charge in [0.1, 0.15) is 17.4 Å². The van der Waals surface area contributed by atoms with Crippen molar-refractivity contribution >= 4 is 22.7 Å². The highest BCUT2D eigenvalue weighted by atomic mass is 32.2. The molecule has 3 aromatic rings. The molecule has 0 saturated heterocycles. The zero-order valence-electron chi connectivity index (χ0n) is 9.82. The van der Waals surface area contributed by atoms with Gasteiger partial charge >= 0.3 is 0 Å². The van der Waals surface area contributed by atoms with Gasteiger partial charge < -0.3 is 0 Å². The van der Waals surface area contributed by atoms with Crippen LogP contribution in [0.4, 0.5) is 0 Å². The molecule has 19 heavy (non-hydrogen) atoms. The first-order valence-electron chi connectivity index (χ1n) is 5.61. The molecule has 5 heteroatoms. The maximum atomic E-state index is 9.05. The average Bonchev–Trinajstić information content (AvgIpc) is 2.48. The van der Waals surface area contributed by atoms with Crippen LogP contribution < -0.4 is 0 Å². The number of rotatable bonds is 2. The SMILES string of the molecule is N#Cc1ncccc1Sc1ncnc2ccccc12. The van der Waals surface area contributed by atoms with Crippen molar-refractivity contribution in [2.45, 2.75) is 9.92 Å². The Balaban J connectivity index is 2.09. The third kappa shape index (κ3) is 2.26. The fourth-order valence-corrected chi connectivity index (χ4v) is 2.65. The molecular weight excluding hydrogens is 256 g/mol. The lowest BCUT2D eigenvalue weighted by molar-refractivity contribution is 1.09. The zero-order valence-corrected chi connectivity index (χ0v) is 10.6. The molecule has 2 aromatic heterocycles. The van der Waals surface area contributed by atoms with Crippen LogP contribution in [0.3, 0.4) is 0 Å². The lowest BCUT2D eigenvalue weighted by atomic mass is 10.2. The predicted molar refractivity (Wildman–Crippen MR) is 72.6 cm³/mol. The Morgan fingerprint density at radius 3 is 2.79 bits per heavy atom. The van der Waals surface area contributed by atoms with E-state index < -0.39 is 0 Å². The van der Waals surface area contributed by atoms with Gasteiger partial charge in [-0.3, -0.25) is 0 Å². The third-order valence-corrected chi connectivity index (χ3v) is 3.66. The van der Waals surface area contributed by atoms with Crippen molar-refractivity contribution in [1.82, 2.24) is 15.0 Å². The van der Waals surface area contributed by atoms with Crippen LogP contribution in [-0.4, -0.2) is 15.0 Å². The van der Waals surface area contributed by atoms with Crippen molar-refractivity contribution in [3.8, 4) is 6.07 Å². The Morgan fingerprint density at radius 1 is 1.00 bits per heavy atom. The van der Waals surface area contributed by atoms with Gasteiger partial charge in [-0.1, -0.05) is 30.0 Å². The van der Waals surface area contributed by atoms with E-state index in [1.54, 1.807) is 6.20 Å². The largest absolute Gasteiger partial charge is 0.244 e. The van der Waals surface area contributed by atoms with Crippen LogP contribution in [0.2, 0.25) is 0 Å². The van der Waals surface area contributed by atoms with Gasteiger partial charge in [-0.25, -0.2) is 15.0 Å². The lowest BCUT2D eigenvalue weighted by Crippen LogP contribution is -1.89. The summed E-state index contributed by atoms with van der Waals surface area (Å²) in [5.74, 6) is 0. The van der Waals surface area contributed by atoms with Crippen LogP contribution in [0, 0.1) is 11.3 Å². The summed E-state index contributed by atoms with van der Waals surface area (Å²) in [5, 5.41) is 10.9. The van der Waals surface area contributed by atoms with Gasteiger partial charge in [0.05, 0.1) is 10.4 Å². The Hall–Kier alpha value is -2.45. The molecule has 0 radical (unpaired) electrons. The smallest absolute Gasteiger partial charge is 0.154 e. The van der Waals surface area contributed by atoms with Crippen LogP contribution in [0.15, 0.2) is 58.8 Å². The highest BCUT2D eigenvalue weighted by Crippen LogP contribution is 2.31. The van der Waals surface area contributed by atoms with E-state index in [1.807, 2.05) is 36.4 Å². The van der Waals surface area contributed by atoms with Gasteiger partial charge in [0.15, 0.2) is 5.69 Å². The van der Waals surface area contributed by atoms with E-state index in [0.717, 1.165) is 20.8 Å². The van der Waals surface area contributed by atoms with Gasteiger partial charge in [-0.2, -0.15) is 5.26 Å². The van der Waals surface area contributed by atoms with Gasteiger partial charge in [-0.15, -0.1) is 0 Å². The first-order chi connectivity index (χ1) is 9.38. The van der Waals surface area contributed by atoms with Crippen LogP contribution in [-0.2, 0) is 0 Å². The minimum atomic E-state index is 0.412. The summed E-state index contributed by atoms with van der Waals surface area (Å²) in [7, 11) is 0. The number of aromatic nitrogens is 3. The molecule has 2 heterocycles. The maximum absolute atomic E-state index is 9.05. The molecule has 0 atom stereocenters. The summed E-state index contributed by atoms with van der Waals surface area (Å²) in [6.07, 6.45) is 3.15. The third-order valence-electron chi connectivity index (χ3n) is 2.59. The summed E-state index contributed by atoms with van der Waals surface area (Å²) in [6, 6.07) is 13.6. The molecular formula is C14H8N4S. The minimum Gasteiger partial charge on any atom is -0.244 e. The number of para-hydroxylation sites is 1. The van der Waals surface area contributed by atoms with Gasteiger partial charge in [0.25, 0.3) is 0 Å². The summed E-state index contributed by atoms with van der Waals surface area (Å²) in [5.41, 5.74) is 1.30. The Morgan fingerprint density at radius 2 is 1.89 bits per heavy atom. The van der Waals surface area contributed by atoms with Crippen LogP contribution in [0.25, 0.3) is 10.9 Å². The van der Waals surface area contributed by atoms with Crippen molar-refractivity contribution < 1.29 is 0 Å². The Kier molecular flexibility index (Phi) is 3.09. The molecule has 0 saturated carbocycles. The highest BCUT2D eigenvalue weighted by molar-refractivity contribution is 7.99. The van der Waals surface area contributed by atoms with Crippen LogP contribution in [0.5, 0.6) is 0 Å². The van der Waals surface area contributed by atoms with Gasteiger partial charge in [-0.05, 0) is 18.2 Å². The fraction of sp³-hybridized carbons (Fsp3) is 0. The molecule has 0 amide bonds. The van der Waals surface area contributed by atoms with Crippen LogP contribution in [0.1, 0.15) is 5.69 Å². The lowest BCUT2D eigenvalue weighted by Gasteiger charge is -2.05. The number of nitriles is 1. The number of hydrogen-bond acceptors (Lipinski definition) is 5. The molecule has 0 bridgehead atoms. The first-order valence-corrected chi connectivity index (χ1v) is 6.43. The summed E-state index contributed by atoms with van der Waals surface area (Å²) >= 11 is 1.43. The molecule has 3 rings (SSSR count). The van der Waals surface area contributed by atoms with Crippen molar-refractivity contribution in [1.29, 1.82) is 5.26 Å². The first kappa shape index (κ1) is 11.6. The Bertz CT molecular complexity index is 774. The monoisotopic (exact) mass is 264 g/mol. The topological polar surface area (TPSA) is 62.5 Å². The van der Waals surface area contributed by atoms with E-state index in [1.165, 1.54) is 18.1 Å². The normalized spacial score (nSPS) is 10.3. The van der Waals surface area contributed by atoms with Gasteiger partial charge in [0, 0.05) is 11.6 Å². The second-order valence-electron chi connectivity index (χ2n) is 3.76. The molecule has 0 aliphatic rings. The van der Waals surface area contributed by atoms with Crippen molar-refractivity contribution in [2.24, 2.45) is 0 Å². The van der Waals surface area contributed by atoms with Gasteiger partial charge in [0.2, 0.25) is 0 Å². The van der Waals surface area contributed by atoms with E-state index in [0.29, 0.717) is 5.69 Å². The fourth-order valence-electron chi connectivity index (χ4n) is 1.72. The number of nitrogens with zero attached hydrogens (tertiary/aromatic N) is 4. The maximum Gasteiger partial charge on any atom is 0.154 e. The molecule has 0 aliphatic carbocycles. The minimum absolute atomic E-state index is 0.412. The highest BCUT2D eigenvalue weighted by Gasteiger charge is 2.08. The summed E-state index contributed by atoms with van der Waals surface area (Å²) in [6.45, 7) is 0.